The molecule has 3 heterocycles. The number of hydrogen-bond donors (Lipinski definition) is 1. The largest absolute Gasteiger partial charge is 0.463 e. The Balaban J connectivity index is 2.45. The van der Waals surface area contributed by atoms with Crippen LogP contribution in [-0.4, -0.2) is 181 Å². The van der Waals surface area contributed by atoms with Crippen LogP contribution in [-0.2, 0) is 124 Å². The van der Waals surface area contributed by atoms with Crippen LogP contribution in [0.3, 0.4) is 0 Å². The predicted molar refractivity (Wildman–Crippen MR) is 224 cm³/mol. The number of ether oxygens (including phenoxy) is 16. The Hall–Kier alpha value is -5.16. The summed E-state index contributed by atoms with van der Waals surface area (Å²) in [5, 5.41) is 8.41. The van der Waals surface area contributed by atoms with Gasteiger partial charge in [-0.2, -0.15) is 0 Å². The molecule has 0 aromatic carbocycles. The molecular weight excluding hydrogens is 1020 g/mol. The Labute approximate surface area is 413 Å². The van der Waals surface area contributed by atoms with Crippen LogP contribution in [0.4, 0.5) is 0 Å². The molecule has 394 valence electrons. The molecule has 3 saturated heterocycles. The molecule has 0 spiro atoms. The van der Waals surface area contributed by atoms with Gasteiger partial charge in [-0.15, -0.1) is 0 Å². The van der Waals surface area contributed by atoms with E-state index in [0.717, 1.165) is 69.2 Å². The Bertz CT molecular complexity index is 1960. The molecule has 3 fully saturated rings. The van der Waals surface area contributed by atoms with Crippen LogP contribution in [0, 0.1) is 5.41 Å². The van der Waals surface area contributed by atoms with E-state index in [1.54, 1.807) is 0 Å². The molecular formula is C40H52Cl3NO26. The number of carbonyl (C=O) groups excluding carboxylic acids is 10. The topological polar surface area (TPSA) is 342 Å². The van der Waals surface area contributed by atoms with E-state index in [1.807, 2.05) is 0 Å². The fourth-order valence-corrected chi connectivity index (χ4v) is 7.16. The molecule has 0 unspecified atom stereocenters. The third-order valence-electron chi connectivity index (χ3n) is 9.31. The van der Waals surface area contributed by atoms with Crippen LogP contribution in [0.15, 0.2) is 0 Å². The van der Waals surface area contributed by atoms with E-state index in [1.165, 1.54) is 0 Å². The standard InChI is InChI=1S/C40H52Cl3NO26/c1-14(45)55-11-24-27(58-17(4)48)30(61-20(7)51)33(64-23(10)54)36(65-24)68-34-31(62-21(8)52)28(59-18(5)49)25(12-56-15(2)46)66-37(34)69-35-32(63-22(9)53)29(60-19(6)50)26(13-57-16(3)47)67-38(35)70-39(44)40(41,42)43/h24-38,44H,11-13H2,1-10H3/t24-,25-,26-,27-,28-,29-,30+,31+,32+,33+,34+,35+,36-,37-,38-/m1/s1. The lowest BCUT2D eigenvalue weighted by molar-refractivity contribution is -0.390. The number of alkyl halides is 3. The van der Waals surface area contributed by atoms with Crippen LogP contribution in [0.1, 0.15) is 69.2 Å². The summed E-state index contributed by atoms with van der Waals surface area (Å²) in [6, 6.07) is 0. The Morgan fingerprint density at radius 1 is 0.357 bits per heavy atom. The second kappa shape index (κ2) is 26.3. The Morgan fingerprint density at radius 2 is 0.600 bits per heavy atom. The van der Waals surface area contributed by atoms with Crippen LogP contribution in [0.25, 0.3) is 0 Å². The zero-order valence-electron chi connectivity index (χ0n) is 39.0. The van der Waals surface area contributed by atoms with Crippen molar-refractivity contribution in [2.24, 2.45) is 0 Å². The van der Waals surface area contributed by atoms with Gasteiger partial charge in [-0.3, -0.25) is 53.4 Å². The molecule has 0 radical (unpaired) electrons. The quantitative estimate of drug-likeness (QED) is 0.0642. The summed E-state index contributed by atoms with van der Waals surface area (Å²) in [7, 11) is 0. The average Bonchev–Trinajstić information content (AvgIpc) is 3.20. The van der Waals surface area contributed by atoms with E-state index in [4.69, 9.17) is 116 Å². The van der Waals surface area contributed by atoms with Crippen molar-refractivity contribution in [1.29, 1.82) is 5.41 Å². The summed E-state index contributed by atoms with van der Waals surface area (Å²) in [5.74, 6) is -11.2. The molecule has 0 aromatic heterocycles. The van der Waals surface area contributed by atoms with E-state index in [0.29, 0.717) is 0 Å². The van der Waals surface area contributed by atoms with E-state index < -0.39 is 181 Å². The molecule has 0 aliphatic carbocycles. The monoisotopic (exact) mass is 1070 g/mol. The van der Waals surface area contributed by atoms with Gasteiger partial charge in [-0.05, 0) is 0 Å². The fourth-order valence-electron chi connectivity index (χ4n) is 7.03. The van der Waals surface area contributed by atoms with Crippen LogP contribution < -0.4 is 0 Å². The van der Waals surface area contributed by atoms with Crippen molar-refractivity contribution in [1.82, 2.24) is 0 Å². The van der Waals surface area contributed by atoms with Gasteiger partial charge in [0.15, 0.2) is 67.5 Å². The summed E-state index contributed by atoms with van der Waals surface area (Å²) >= 11 is 17.9. The Kier molecular flexibility index (Phi) is 22.3. The lowest BCUT2D eigenvalue weighted by atomic mass is 9.95. The van der Waals surface area contributed by atoms with Crippen molar-refractivity contribution in [3.8, 4) is 0 Å². The minimum absolute atomic E-state index is 0.740. The molecule has 3 aliphatic heterocycles. The number of rotatable bonds is 18. The van der Waals surface area contributed by atoms with Crippen molar-refractivity contribution in [3.05, 3.63) is 0 Å². The molecule has 3 aliphatic rings. The highest BCUT2D eigenvalue weighted by Crippen LogP contribution is 2.39. The van der Waals surface area contributed by atoms with Gasteiger partial charge in [0.2, 0.25) is 12.2 Å². The normalized spacial score (nSPS) is 30.7. The molecule has 0 amide bonds. The van der Waals surface area contributed by atoms with Gasteiger partial charge in [0.05, 0.1) is 0 Å². The third kappa shape index (κ3) is 17.9. The maximum atomic E-state index is 13.0. The van der Waals surface area contributed by atoms with E-state index in [-0.39, 0.29) is 0 Å². The minimum atomic E-state index is -2.64. The van der Waals surface area contributed by atoms with Gasteiger partial charge in [-0.1, -0.05) is 34.8 Å². The molecule has 0 saturated carbocycles. The average molecular weight is 1070 g/mol. The molecule has 0 aromatic rings. The van der Waals surface area contributed by atoms with Crippen LogP contribution in [0.5, 0.6) is 0 Å². The highest BCUT2D eigenvalue weighted by Gasteiger charge is 2.60. The van der Waals surface area contributed by atoms with Crippen molar-refractivity contribution in [2.75, 3.05) is 19.8 Å². The van der Waals surface area contributed by atoms with Crippen molar-refractivity contribution in [2.45, 2.75) is 165 Å². The molecule has 30 heteroatoms. The number of esters is 10. The molecule has 15 atom stereocenters. The number of hydrogen-bond acceptors (Lipinski definition) is 27. The van der Waals surface area contributed by atoms with Crippen LogP contribution in [0.2, 0.25) is 0 Å². The first kappa shape index (κ1) is 59.2. The fraction of sp³-hybridized carbons (Fsp3) is 0.725. The number of carbonyl (C=O) groups is 10. The summed E-state index contributed by atoms with van der Waals surface area (Å²) in [6.45, 7) is 7.30. The summed E-state index contributed by atoms with van der Waals surface area (Å²) < 4.78 is 88.6. The molecule has 0 bridgehead atoms. The Morgan fingerprint density at radius 3 is 0.886 bits per heavy atom. The highest BCUT2D eigenvalue weighted by atomic mass is 35.6. The van der Waals surface area contributed by atoms with Gasteiger partial charge in [0, 0.05) is 69.2 Å². The van der Waals surface area contributed by atoms with Gasteiger partial charge in [0.25, 0.3) is 3.79 Å². The highest BCUT2D eigenvalue weighted by molar-refractivity contribution is 6.76. The van der Waals surface area contributed by atoms with E-state index in [9.17, 15) is 47.9 Å². The van der Waals surface area contributed by atoms with Gasteiger partial charge < -0.3 is 75.8 Å². The number of halogens is 3. The first-order chi connectivity index (χ1) is 32.5. The zero-order chi connectivity index (χ0) is 52.9. The maximum absolute atomic E-state index is 13.0. The van der Waals surface area contributed by atoms with Crippen LogP contribution >= 0.6 is 34.8 Å². The first-order valence-electron chi connectivity index (χ1n) is 20.7. The lowest BCUT2D eigenvalue weighted by Gasteiger charge is -2.50. The van der Waals surface area contributed by atoms with Gasteiger partial charge in [0.1, 0.15) is 38.1 Å². The summed E-state index contributed by atoms with van der Waals surface area (Å²) in [5.41, 5.74) is 0. The predicted octanol–water partition coefficient (Wildman–Crippen LogP) is 0.507. The lowest BCUT2D eigenvalue weighted by Crippen LogP contribution is -2.69. The minimum Gasteiger partial charge on any atom is -0.463 e. The SMILES string of the molecule is CC(=O)OC[C@H]1O[C@H](O[C@@H]2[C@@H](O[C@@H]3[C@@H](OC(=N)C(Cl)(Cl)Cl)O[C@H](COC(C)=O)[C@@H](OC(C)=O)[C@@H]3OC(C)=O)O[C@H](COC(C)=O)[C@@H](OC(C)=O)[C@@H]2OC(C)=O)[C@@H](OC(C)=O)[C@@H](OC(C)=O)[C@@H]1OC(C)=O. The molecule has 27 nitrogen and oxygen atoms in total. The second-order valence-corrected chi connectivity index (χ2v) is 17.5. The molecule has 1 N–H and O–H groups in total. The number of nitrogens with one attached hydrogen (secondary N) is 1. The summed E-state index contributed by atoms with van der Waals surface area (Å²) in [6.07, 6.45) is -28.9. The van der Waals surface area contributed by atoms with Crippen molar-refractivity contribution < 1.29 is 124 Å². The zero-order valence-corrected chi connectivity index (χ0v) is 41.3. The summed E-state index contributed by atoms with van der Waals surface area (Å²) in [4.78, 5) is 125. The molecule has 70 heavy (non-hydrogen) atoms. The van der Waals surface area contributed by atoms with E-state index in [2.05, 4.69) is 0 Å². The molecule has 3 rings (SSSR count). The third-order valence-corrected chi connectivity index (χ3v) is 9.83. The van der Waals surface area contributed by atoms with Gasteiger partial charge >= 0.3 is 59.7 Å². The first-order valence-corrected chi connectivity index (χ1v) is 21.8. The van der Waals surface area contributed by atoms with Crippen molar-refractivity contribution in [3.63, 3.8) is 0 Å². The van der Waals surface area contributed by atoms with E-state index >= 15 is 0 Å². The van der Waals surface area contributed by atoms with Crippen molar-refractivity contribution >= 4 is 100 Å². The smallest absolute Gasteiger partial charge is 0.303 e. The maximum Gasteiger partial charge on any atom is 0.303 e. The van der Waals surface area contributed by atoms with Gasteiger partial charge in [-0.25, -0.2) is 0 Å². The second-order valence-electron chi connectivity index (χ2n) is 15.2.